The van der Waals surface area contributed by atoms with Crippen LogP contribution in [0.2, 0.25) is 0 Å². The summed E-state index contributed by atoms with van der Waals surface area (Å²) >= 11 is 0. The van der Waals surface area contributed by atoms with Crippen LogP contribution in [0.25, 0.3) is 27.5 Å². The average Bonchev–Trinajstić information content (AvgIpc) is 2.86. The molecule has 0 saturated heterocycles. The molecule has 0 fully saturated rings. The van der Waals surface area contributed by atoms with Gasteiger partial charge in [-0.25, -0.2) is 0 Å². The zero-order valence-electron chi connectivity index (χ0n) is 13.2. The van der Waals surface area contributed by atoms with Gasteiger partial charge in [-0.2, -0.15) is 0 Å². The van der Waals surface area contributed by atoms with Gasteiger partial charge in [0.15, 0.2) is 0 Å². The first-order valence-corrected chi connectivity index (χ1v) is 7.73. The van der Waals surface area contributed by atoms with Gasteiger partial charge in [-0.05, 0) is 55.7 Å². The lowest BCUT2D eigenvalue weighted by Crippen LogP contribution is -1.98. The molecular formula is C21H19N. The Hall–Kier alpha value is -2.54. The molecule has 0 atom stereocenters. The highest BCUT2D eigenvalue weighted by molar-refractivity contribution is 6.09. The van der Waals surface area contributed by atoms with Gasteiger partial charge in [0, 0.05) is 16.5 Å². The lowest BCUT2D eigenvalue weighted by Gasteiger charge is -2.13. The van der Waals surface area contributed by atoms with Crippen molar-refractivity contribution in [3.8, 4) is 5.69 Å². The van der Waals surface area contributed by atoms with Gasteiger partial charge in [0.2, 0.25) is 0 Å². The molecule has 1 aromatic heterocycles. The average molecular weight is 285 g/mol. The van der Waals surface area contributed by atoms with Crippen LogP contribution < -0.4 is 0 Å². The molecule has 1 heteroatoms. The summed E-state index contributed by atoms with van der Waals surface area (Å²) in [7, 11) is 0. The van der Waals surface area contributed by atoms with E-state index in [1.807, 2.05) is 0 Å². The molecule has 4 aromatic rings. The first kappa shape index (κ1) is 13.1. The largest absolute Gasteiger partial charge is 0.309 e. The van der Waals surface area contributed by atoms with Crippen molar-refractivity contribution in [2.24, 2.45) is 0 Å². The number of aromatic nitrogens is 1. The standard InChI is InChI=1S/C21H19N/c1-14-12-16(3)21(13-15(14)2)22-19-10-6-4-8-17(19)18-9-5-7-11-20(18)22/h4-13H,1-3H3. The molecule has 1 nitrogen and oxygen atoms in total. The third kappa shape index (κ3) is 1.79. The number of nitrogens with zero attached hydrogens (tertiary/aromatic N) is 1. The Balaban J connectivity index is 2.20. The van der Waals surface area contributed by atoms with Gasteiger partial charge in [-0.15, -0.1) is 0 Å². The Labute approximate surface area is 130 Å². The molecule has 0 unspecified atom stereocenters. The summed E-state index contributed by atoms with van der Waals surface area (Å²) in [6, 6.07) is 21.9. The molecule has 0 radical (unpaired) electrons. The Morgan fingerprint density at radius 1 is 0.591 bits per heavy atom. The maximum atomic E-state index is 2.40. The monoisotopic (exact) mass is 285 g/mol. The lowest BCUT2D eigenvalue weighted by atomic mass is 10.0. The van der Waals surface area contributed by atoms with Crippen LogP contribution in [0.1, 0.15) is 16.7 Å². The SMILES string of the molecule is Cc1cc(C)c(-n2c3ccccc3c3ccccc32)cc1C. The number of fused-ring (bicyclic) bond motifs is 3. The van der Waals surface area contributed by atoms with E-state index in [0.717, 1.165) is 0 Å². The van der Waals surface area contributed by atoms with Crippen molar-refractivity contribution in [3.63, 3.8) is 0 Å². The van der Waals surface area contributed by atoms with Gasteiger partial charge >= 0.3 is 0 Å². The molecule has 108 valence electrons. The summed E-state index contributed by atoms with van der Waals surface area (Å²) in [6.45, 7) is 6.56. The minimum atomic E-state index is 1.27. The van der Waals surface area contributed by atoms with Crippen LogP contribution in [0.3, 0.4) is 0 Å². The van der Waals surface area contributed by atoms with E-state index in [-0.39, 0.29) is 0 Å². The fourth-order valence-corrected chi connectivity index (χ4v) is 3.37. The highest BCUT2D eigenvalue weighted by Gasteiger charge is 2.13. The Morgan fingerprint density at radius 3 is 1.68 bits per heavy atom. The third-order valence-electron chi connectivity index (χ3n) is 4.63. The molecule has 4 rings (SSSR count). The van der Waals surface area contributed by atoms with Crippen molar-refractivity contribution in [3.05, 3.63) is 77.4 Å². The smallest absolute Gasteiger partial charge is 0.0541 e. The molecular weight excluding hydrogens is 266 g/mol. The van der Waals surface area contributed by atoms with Crippen molar-refractivity contribution >= 4 is 21.8 Å². The number of aryl methyl sites for hydroxylation is 3. The van der Waals surface area contributed by atoms with E-state index >= 15 is 0 Å². The maximum Gasteiger partial charge on any atom is 0.0541 e. The minimum absolute atomic E-state index is 1.27. The van der Waals surface area contributed by atoms with E-state index in [1.54, 1.807) is 0 Å². The topological polar surface area (TPSA) is 4.93 Å². The first-order valence-electron chi connectivity index (χ1n) is 7.73. The second-order valence-electron chi connectivity index (χ2n) is 6.09. The molecule has 0 amide bonds. The highest BCUT2D eigenvalue weighted by atomic mass is 15.0. The summed E-state index contributed by atoms with van der Waals surface area (Å²) in [6.07, 6.45) is 0. The maximum absolute atomic E-state index is 2.40. The zero-order valence-corrected chi connectivity index (χ0v) is 13.2. The molecule has 0 aliphatic carbocycles. The summed E-state index contributed by atoms with van der Waals surface area (Å²) in [5.41, 5.74) is 7.82. The van der Waals surface area contributed by atoms with Gasteiger partial charge in [-0.1, -0.05) is 42.5 Å². The van der Waals surface area contributed by atoms with E-state index in [1.165, 1.54) is 44.2 Å². The van der Waals surface area contributed by atoms with Crippen LogP contribution in [0, 0.1) is 20.8 Å². The Bertz CT molecular complexity index is 952. The van der Waals surface area contributed by atoms with Gasteiger partial charge in [0.05, 0.1) is 11.0 Å². The fraction of sp³-hybridized carbons (Fsp3) is 0.143. The molecule has 3 aromatic carbocycles. The summed E-state index contributed by atoms with van der Waals surface area (Å²) in [5, 5.41) is 2.63. The van der Waals surface area contributed by atoms with Crippen LogP contribution in [0.15, 0.2) is 60.7 Å². The molecule has 0 aliphatic heterocycles. The van der Waals surface area contributed by atoms with Gasteiger partial charge in [0.1, 0.15) is 0 Å². The molecule has 0 saturated carbocycles. The van der Waals surface area contributed by atoms with Crippen LogP contribution in [0.4, 0.5) is 0 Å². The summed E-state index contributed by atoms with van der Waals surface area (Å²) in [5.74, 6) is 0. The number of rotatable bonds is 1. The third-order valence-corrected chi connectivity index (χ3v) is 4.63. The van der Waals surface area contributed by atoms with E-state index in [0.29, 0.717) is 0 Å². The molecule has 22 heavy (non-hydrogen) atoms. The van der Waals surface area contributed by atoms with Crippen molar-refractivity contribution in [1.29, 1.82) is 0 Å². The summed E-state index contributed by atoms with van der Waals surface area (Å²) < 4.78 is 2.40. The Morgan fingerprint density at radius 2 is 1.09 bits per heavy atom. The van der Waals surface area contributed by atoms with Gasteiger partial charge < -0.3 is 4.57 Å². The van der Waals surface area contributed by atoms with E-state index in [2.05, 4.69) is 86.0 Å². The fourth-order valence-electron chi connectivity index (χ4n) is 3.37. The zero-order chi connectivity index (χ0) is 15.3. The van der Waals surface area contributed by atoms with Crippen molar-refractivity contribution in [2.45, 2.75) is 20.8 Å². The molecule has 0 spiro atoms. The predicted molar refractivity (Wildman–Crippen MR) is 95.0 cm³/mol. The predicted octanol–water partition coefficient (Wildman–Crippen LogP) is 5.71. The molecule has 0 N–H and O–H groups in total. The number of hydrogen-bond donors (Lipinski definition) is 0. The van der Waals surface area contributed by atoms with Crippen LogP contribution >= 0.6 is 0 Å². The molecule has 1 heterocycles. The van der Waals surface area contributed by atoms with Crippen molar-refractivity contribution in [2.75, 3.05) is 0 Å². The quantitative estimate of drug-likeness (QED) is 0.422. The van der Waals surface area contributed by atoms with E-state index in [9.17, 15) is 0 Å². The van der Waals surface area contributed by atoms with E-state index in [4.69, 9.17) is 0 Å². The van der Waals surface area contributed by atoms with Crippen molar-refractivity contribution in [1.82, 2.24) is 4.57 Å². The normalized spacial score (nSPS) is 11.4. The van der Waals surface area contributed by atoms with Crippen LogP contribution in [-0.4, -0.2) is 4.57 Å². The summed E-state index contributed by atoms with van der Waals surface area (Å²) in [4.78, 5) is 0. The Kier molecular flexibility index (Phi) is 2.83. The van der Waals surface area contributed by atoms with Crippen LogP contribution in [0.5, 0.6) is 0 Å². The van der Waals surface area contributed by atoms with E-state index < -0.39 is 0 Å². The van der Waals surface area contributed by atoms with Crippen molar-refractivity contribution < 1.29 is 0 Å². The van der Waals surface area contributed by atoms with Crippen LogP contribution in [-0.2, 0) is 0 Å². The second-order valence-corrected chi connectivity index (χ2v) is 6.09. The van der Waals surface area contributed by atoms with Gasteiger partial charge in [0.25, 0.3) is 0 Å². The lowest BCUT2D eigenvalue weighted by molar-refractivity contribution is 1.13. The number of benzene rings is 3. The molecule has 0 aliphatic rings. The number of para-hydroxylation sites is 2. The second kappa shape index (κ2) is 4.74. The first-order chi connectivity index (χ1) is 10.7. The number of hydrogen-bond acceptors (Lipinski definition) is 0. The highest BCUT2D eigenvalue weighted by Crippen LogP contribution is 2.33. The molecule has 0 bridgehead atoms. The van der Waals surface area contributed by atoms with Gasteiger partial charge in [-0.3, -0.25) is 0 Å². The minimum Gasteiger partial charge on any atom is -0.309 e.